The van der Waals surface area contributed by atoms with E-state index in [-0.39, 0.29) is 12.0 Å². The van der Waals surface area contributed by atoms with Gasteiger partial charge in [-0.1, -0.05) is 12.1 Å². The zero-order chi connectivity index (χ0) is 14.5. The van der Waals surface area contributed by atoms with Crippen LogP contribution in [0.25, 0.3) is 0 Å². The molecule has 2 rings (SSSR count). The van der Waals surface area contributed by atoms with Gasteiger partial charge in [-0.15, -0.1) is 11.3 Å². The minimum atomic E-state index is -0.302. The number of thiazole rings is 1. The summed E-state index contributed by atoms with van der Waals surface area (Å²) in [5.74, 6) is -0.302. The average Bonchev–Trinajstić information content (AvgIpc) is 2.86. The van der Waals surface area contributed by atoms with Gasteiger partial charge in [-0.2, -0.15) is 0 Å². The van der Waals surface area contributed by atoms with Crippen LogP contribution in [-0.2, 0) is 4.74 Å². The Bertz CT molecular complexity index is 595. The van der Waals surface area contributed by atoms with Gasteiger partial charge in [-0.05, 0) is 32.9 Å². The van der Waals surface area contributed by atoms with Gasteiger partial charge in [-0.25, -0.2) is 9.78 Å². The molecule has 0 fully saturated rings. The minimum Gasteiger partial charge on any atom is -0.462 e. The van der Waals surface area contributed by atoms with Gasteiger partial charge >= 0.3 is 5.97 Å². The Balaban J connectivity index is 2.21. The second-order valence-corrected chi connectivity index (χ2v) is 5.32. The number of benzene rings is 1. The molecule has 0 radical (unpaired) electrons. The van der Waals surface area contributed by atoms with Crippen LogP contribution in [0, 0.1) is 6.92 Å². The maximum absolute atomic E-state index is 11.9. The third-order valence-corrected chi connectivity index (χ3v) is 4.08. The standard InChI is InChI=1S/C15H18N2O2S/c1-4-19-15(18)12-7-5-6-8-13(12)17-11(3)14-10(2)16-9-20-14/h5-9,11,17H,4H2,1-3H3. The summed E-state index contributed by atoms with van der Waals surface area (Å²) in [4.78, 5) is 17.4. The number of esters is 1. The molecule has 106 valence electrons. The first-order valence-corrected chi connectivity index (χ1v) is 7.44. The van der Waals surface area contributed by atoms with Crippen LogP contribution >= 0.6 is 11.3 Å². The maximum atomic E-state index is 11.9. The molecule has 0 aliphatic rings. The molecular formula is C15H18N2O2S. The fourth-order valence-electron chi connectivity index (χ4n) is 2.02. The summed E-state index contributed by atoms with van der Waals surface area (Å²) in [5, 5.41) is 3.36. The molecule has 20 heavy (non-hydrogen) atoms. The van der Waals surface area contributed by atoms with Crippen molar-refractivity contribution in [3.8, 4) is 0 Å². The molecule has 0 saturated carbocycles. The quantitative estimate of drug-likeness (QED) is 0.851. The number of nitrogens with one attached hydrogen (secondary N) is 1. The number of ether oxygens (including phenoxy) is 1. The highest BCUT2D eigenvalue weighted by Gasteiger charge is 2.16. The molecular weight excluding hydrogens is 272 g/mol. The summed E-state index contributed by atoms with van der Waals surface area (Å²) < 4.78 is 5.08. The summed E-state index contributed by atoms with van der Waals surface area (Å²) in [6.45, 7) is 6.22. The highest BCUT2D eigenvalue weighted by atomic mass is 32.1. The molecule has 0 aliphatic carbocycles. The topological polar surface area (TPSA) is 51.2 Å². The smallest absolute Gasteiger partial charge is 0.340 e. The number of hydrogen-bond donors (Lipinski definition) is 1. The Hall–Kier alpha value is -1.88. The zero-order valence-corrected chi connectivity index (χ0v) is 12.7. The van der Waals surface area contributed by atoms with Crippen molar-refractivity contribution in [1.29, 1.82) is 0 Å². The van der Waals surface area contributed by atoms with E-state index >= 15 is 0 Å². The van der Waals surface area contributed by atoms with Crippen LogP contribution in [0.1, 0.15) is 40.8 Å². The van der Waals surface area contributed by atoms with Gasteiger partial charge in [-0.3, -0.25) is 0 Å². The van der Waals surface area contributed by atoms with Crippen molar-refractivity contribution in [2.24, 2.45) is 0 Å². The normalized spacial score (nSPS) is 11.9. The summed E-state index contributed by atoms with van der Waals surface area (Å²) in [5.41, 5.74) is 4.19. The predicted octanol–water partition coefficient (Wildman–Crippen LogP) is 3.80. The van der Waals surface area contributed by atoms with Crippen molar-refractivity contribution in [3.63, 3.8) is 0 Å². The number of hydrogen-bond acceptors (Lipinski definition) is 5. The highest BCUT2D eigenvalue weighted by molar-refractivity contribution is 7.09. The van der Waals surface area contributed by atoms with E-state index in [0.29, 0.717) is 12.2 Å². The van der Waals surface area contributed by atoms with Crippen molar-refractivity contribution < 1.29 is 9.53 Å². The first kappa shape index (κ1) is 14.5. The Morgan fingerprint density at radius 1 is 1.45 bits per heavy atom. The highest BCUT2D eigenvalue weighted by Crippen LogP contribution is 2.27. The number of carbonyl (C=O) groups is 1. The second-order valence-electron chi connectivity index (χ2n) is 4.43. The summed E-state index contributed by atoms with van der Waals surface area (Å²) in [6, 6.07) is 7.49. The number of aromatic nitrogens is 1. The third kappa shape index (κ3) is 3.17. The van der Waals surface area contributed by atoms with Crippen molar-refractivity contribution >= 4 is 23.0 Å². The number of rotatable bonds is 5. The fraction of sp³-hybridized carbons (Fsp3) is 0.333. The Morgan fingerprint density at radius 2 is 2.20 bits per heavy atom. The molecule has 1 aromatic heterocycles. The lowest BCUT2D eigenvalue weighted by Gasteiger charge is -2.17. The van der Waals surface area contributed by atoms with Crippen LogP contribution in [0.5, 0.6) is 0 Å². The van der Waals surface area contributed by atoms with E-state index in [1.54, 1.807) is 24.3 Å². The van der Waals surface area contributed by atoms with Crippen LogP contribution in [0.4, 0.5) is 5.69 Å². The van der Waals surface area contributed by atoms with E-state index in [9.17, 15) is 4.79 Å². The van der Waals surface area contributed by atoms with Crippen LogP contribution in [0.2, 0.25) is 0 Å². The molecule has 1 N–H and O–H groups in total. The molecule has 5 heteroatoms. The molecule has 0 spiro atoms. The Labute approximate surface area is 122 Å². The molecule has 0 aliphatic heterocycles. The number of carbonyl (C=O) groups excluding carboxylic acids is 1. The van der Waals surface area contributed by atoms with Crippen LogP contribution in [-0.4, -0.2) is 17.6 Å². The lowest BCUT2D eigenvalue weighted by atomic mass is 10.1. The molecule has 0 amide bonds. The van der Waals surface area contributed by atoms with Crippen molar-refractivity contribution in [2.45, 2.75) is 26.8 Å². The van der Waals surface area contributed by atoms with E-state index in [0.717, 1.165) is 11.4 Å². The van der Waals surface area contributed by atoms with Gasteiger partial charge in [0, 0.05) is 10.6 Å². The summed E-state index contributed by atoms with van der Waals surface area (Å²) >= 11 is 1.61. The molecule has 4 nitrogen and oxygen atoms in total. The monoisotopic (exact) mass is 290 g/mol. The first-order chi connectivity index (χ1) is 9.63. The van der Waals surface area contributed by atoms with Crippen molar-refractivity contribution in [2.75, 3.05) is 11.9 Å². The summed E-state index contributed by atoms with van der Waals surface area (Å²) in [6.07, 6.45) is 0. The first-order valence-electron chi connectivity index (χ1n) is 6.56. The van der Waals surface area contributed by atoms with Crippen molar-refractivity contribution in [3.05, 3.63) is 45.9 Å². The summed E-state index contributed by atoms with van der Waals surface area (Å²) in [7, 11) is 0. The van der Waals surface area contributed by atoms with E-state index in [1.807, 2.05) is 30.6 Å². The molecule has 0 bridgehead atoms. The number of nitrogens with zero attached hydrogens (tertiary/aromatic N) is 1. The maximum Gasteiger partial charge on any atom is 0.340 e. The van der Waals surface area contributed by atoms with Crippen LogP contribution in [0.15, 0.2) is 29.8 Å². The van der Waals surface area contributed by atoms with Gasteiger partial charge in [0.25, 0.3) is 0 Å². The molecule has 1 aromatic carbocycles. The van der Waals surface area contributed by atoms with Crippen molar-refractivity contribution in [1.82, 2.24) is 4.98 Å². The second kappa shape index (κ2) is 6.52. The Kier molecular flexibility index (Phi) is 4.74. The van der Waals surface area contributed by atoms with Gasteiger partial charge in [0.1, 0.15) is 0 Å². The molecule has 1 unspecified atom stereocenters. The average molecular weight is 290 g/mol. The zero-order valence-electron chi connectivity index (χ0n) is 11.8. The largest absolute Gasteiger partial charge is 0.462 e. The fourth-order valence-corrected chi connectivity index (χ4v) is 2.83. The molecule has 1 atom stereocenters. The van der Waals surface area contributed by atoms with E-state index in [2.05, 4.69) is 17.2 Å². The van der Waals surface area contributed by atoms with Gasteiger partial charge in [0.05, 0.1) is 29.4 Å². The van der Waals surface area contributed by atoms with E-state index < -0.39 is 0 Å². The number of anilines is 1. The van der Waals surface area contributed by atoms with E-state index in [4.69, 9.17) is 4.74 Å². The lowest BCUT2D eigenvalue weighted by Crippen LogP contribution is -2.12. The minimum absolute atomic E-state index is 0.0954. The van der Waals surface area contributed by atoms with Crippen LogP contribution in [0.3, 0.4) is 0 Å². The van der Waals surface area contributed by atoms with E-state index in [1.165, 1.54) is 4.88 Å². The van der Waals surface area contributed by atoms with Crippen LogP contribution < -0.4 is 5.32 Å². The number of para-hydroxylation sites is 1. The number of aryl methyl sites for hydroxylation is 1. The molecule has 1 heterocycles. The predicted molar refractivity (Wildman–Crippen MR) is 81.3 cm³/mol. The SMILES string of the molecule is CCOC(=O)c1ccccc1NC(C)c1scnc1C. The van der Waals surface area contributed by atoms with Gasteiger partial charge < -0.3 is 10.1 Å². The van der Waals surface area contributed by atoms with Gasteiger partial charge in [0.15, 0.2) is 0 Å². The van der Waals surface area contributed by atoms with Gasteiger partial charge in [0.2, 0.25) is 0 Å². The third-order valence-electron chi connectivity index (χ3n) is 2.97. The molecule has 2 aromatic rings. The Morgan fingerprint density at radius 3 is 2.85 bits per heavy atom. The molecule has 0 saturated heterocycles. The lowest BCUT2D eigenvalue weighted by molar-refractivity contribution is 0.0527.